The van der Waals surface area contributed by atoms with Crippen molar-refractivity contribution >= 4 is 5.69 Å². The van der Waals surface area contributed by atoms with Crippen molar-refractivity contribution in [3.63, 3.8) is 0 Å². The number of hydrogen-bond donors (Lipinski definition) is 2. The summed E-state index contributed by atoms with van der Waals surface area (Å²) in [6.45, 7) is 6.68. The third-order valence-electron chi connectivity index (χ3n) is 2.70. The lowest BCUT2D eigenvalue weighted by molar-refractivity contribution is 0.302. The molecular weight excluding hydrogens is 200 g/mol. The second-order valence-electron chi connectivity index (χ2n) is 4.04. The van der Waals surface area contributed by atoms with E-state index in [4.69, 9.17) is 10.8 Å². The number of aliphatic hydroxyl groups is 1. The van der Waals surface area contributed by atoms with Crippen molar-refractivity contribution in [2.75, 3.05) is 24.6 Å². The first-order valence-electron chi connectivity index (χ1n) is 5.88. The summed E-state index contributed by atoms with van der Waals surface area (Å²) >= 11 is 0. The van der Waals surface area contributed by atoms with Gasteiger partial charge in [-0.05, 0) is 30.5 Å². The van der Waals surface area contributed by atoms with Gasteiger partial charge >= 0.3 is 0 Å². The molecule has 0 unspecified atom stereocenters. The molecule has 3 nitrogen and oxygen atoms in total. The minimum absolute atomic E-state index is 0.193. The fourth-order valence-electron chi connectivity index (χ4n) is 1.94. The number of anilines is 1. The average Bonchev–Trinajstić information content (AvgIpc) is 2.29. The number of nitrogens with two attached hydrogens (primary N) is 1. The topological polar surface area (TPSA) is 49.5 Å². The quantitative estimate of drug-likeness (QED) is 0.769. The molecule has 0 heterocycles. The number of benzene rings is 1. The van der Waals surface area contributed by atoms with Gasteiger partial charge in [0.2, 0.25) is 0 Å². The largest absolute Gasteiger partial charge is 0.395 e. The Labute approximate surface area is 97.9 Å². The molecule has 0 bridgehead atoms. The van der Waals surface area contributed by atoms with Crippen molar-refractivity contribution in [1.29, 1.82) is 0 Å². The van der Waals surface area contributed by atoms with Gasteiger partial charge in [0.1, 0.15) is 0 Å². The molecule has 0 aliphatic rings. The van der Waals surface area contributed by atoms with Crippen LogP contribution in [-0.2, 0) is 6.54 Å². The first kappa shape index (κ1) is 13.0. The number of aryl methyl sites for hydroxylation is 1. The zero-order valence-electron chi connectivity index (χ0n) is 10.2. The molecule has 0 radical (unpaired) electrons. The highest BCUT2D eigenvalue weighted by atomic mass is 16.3. The van der Waals surface area contributed by atoms with Crippen molar-refractivity contribution in [1.82, 2.24) is 0 Å². The van der Waals surface area contributed by atoms with Crippen LogP contribution < -0.4 is 10.6 Å². The molecule has 0 fully saturated rings. The second kappa shape index (κ2) is 6.51. The van der Waals surface area contributed by atoms with Gasteiger partial charge in [-0.15, -0.1) is 0 Å². The van der Waals surface area contributed by atoms with Gasteiger partial charge in [0, 0.05) is 25.3 Å². The van der Waals surface area contributed by atoms with Gasteiger partial charge in [-0.1, -0.05) is 19.1 Å². The standard InChI is InChI=1S/C13H22N2O/c1-3-6-15(7-8-16)13-5-4-12(10-14)9-11(13)2/h4-5,9,16H,3,6-8,10,14H2,1-2H3. The van der Waals surface area contributed by atoms with Crippen molar-refractivity contribution in [2.45, 2.75) is 26.8 Å². The van der Waals surface area contributed by atoms with E-state index in [0.29, 0.717) is 13.1 Å². The van der Waals surface area contributed by atoms with Gasteiger partial charge in [0.25, 0.3) is 0 Å². The summed E-state index contributed by atoms with van der Waals surface area (Å²) in [6, 6.07) is 6.28. The molecule has 0 amide bonds. The summed E-state index contributed by atoms with van der Waals surface area (Å²) in [5, 5.41) is 9.05. The normalized spacial score (nSPS) is 10.5. The van der Waals surface area contributed by atoms with Gasteiger partial charge in [-0.3, -0.25) is 0 Å². The molecule has 1 aromatic carbocycles. The molecule has 3 heteroatoms. The maximum atomic E-state index is 9.05. The molecule has 90 valence electrons. The van der Waals surface area contributed by atoms with Crippen LogP contribution in [0.15, 0.2) is 18.2 Å². The minimum atomic E-state index is 0.193. The Morgan fingerprint density at radius 3 is 2.56 bits per heavy atom. The zero-order chi connectivity index (χ0) is 12.0. The highest BCUT2D eigenvalue weighted by molar-refractivity contribution is 5.54. The Balaban J connectivity index is 2.90. The molecule has 1 aromatic rings. The van der Waals surface area contributed by atoms with Crippen LogP contribution in [0.1, 0.15) is 24.5 Å². The van der Waals surface area contributed by atoms with Crippen LogP contribution in [0.25, 0.3) is 0 Å². The Kier molecular flexibility index (Phi) is 5.29. The molecule has 0 atom stereocenters. The Hall–Kier alpha value is -1.06. The predicted octanol–water partition coefficient (Wildman–Crippen LogP) is 1.66. The highest BCUT2D eigenvalue weighted by Gasteiger charge is 2.07. The Morgan fingerprint density at radius 2 is 2.06 bits per heavy atom. The minimum Gasteiger partial charge on any atom is -0.395 e. The number of hydrogen-bond acceptors (Lipinski definition) is 3. The molecule has 0 aromatic heterocycles. The van der Waals surface area contributed by atoms with Crippen LogP contribution in [0.4, 0.5) is 5.69 Å². The molecule has 0 saturated heterocycles. The zero-order valence-corrected chi connectivity index (χ0v) is 10.2. The first-order chi connectivity index (χ1) is 7.72. The van der Waals surface area contributed by atoms with Gasteiger partial charge in [-0.25, -0.2) is 0 Å². The fraction of sp³-hybridized carbons (Fsp3) is 0.538. The average molecular weight is 222 g/mol. The summed E-state index contributed by atoms with van der Waals surface area (Å²) in [6.07, 6.45) is 1.08. The van der Waals surface area contributed by atoms with E-state index in [1.54, 1.807) is 0 Å². The molecule has 0 aliphatic heterocycles. The smallest absolute Gasteiger partial charge is 0.0606 e. The van der Waals surface area contributed by atoms with E-state index in [-0.39, 0.29) is 6.61 Å². The highest BCUT2D eigenvalue weighted by Crippen LogP contribution is 2.21. The van der Waals surface area contributed by atoms with Crippen LogP contribution in [-0.4, -0.2) is 24.8 Å². The van der Waals surface area contributed by atoms with E-state index in [1.807, 2.05) is 0 Å². The monoisotopic (exact) mass is 222 g/mol. The molecule has 0 aliphatic carbocycles. The third kappa shape index (κ3) is 3.22. The van der Waals surface area contributed by atoms with Gasteiger partial charge in [-0.2, -0.15) is 0 Å². The van der Waals surface area contributed by atoms with Crippen LogP contribution in [0.3, 0.4) is 0 Å². The van der Waals surface area contributed by atoms with Crippen LogP contribution in [0.2, 0.25) is 0 Å². The lowest BCUT2D eigenvalue weighted by Gasteiger charge is -2.25. The Morgan fingerprint density at radius 1 is 1.31 bits per heavy atom. The van der Waals surface area contributed by atoms with Crippen LogP contribution >= 0.6 is 0 Å². The number of nitrogens with zero attached hydrogens (tertiary/aromatic N) is 1. The third-order valence-corrected chi connectivity index (χ3v) is 2.70. The fourth-order valence-corrected chi connectivity index (χ4v) is 1.94. The second-order valence-corrected chi connectivity index (χ2v) is 4.04. The van der Waals surface area contributed by atoms with E-state index in [1.165, 1.54) is 11.3 Å². The summed E-state index contributed by atoms with van der Waals surface area (Å²) < 4.78 is 0. The predicted molar refractivity (Wildman–Crippen MR) is 68.7 cm³/mol. The summed E-state index contributed by atoms with van der Waals surface area (Å²) in [7, 11) is 0. The van der Waals surface area contributed by atoms with E-state index < -0.39 is 0 Å². The van der Waals surface area contributed by atoms with Gasteiger partial charge in [0.15, 0.2) is 0 Å². The lowest BCUT2D eigenvalue weighted by Crippen LogP contribution is -2.28. The molecular formula is C13H22N2O. The summed E-state index contributed by atoms with van der Waals surface area (Å²) in [5.74, 6) is 0. The van der Waals surface area contributed by atoms with Crippen molar-refractivity contribution < 1.29 is 5.11 Å². The number of aliphatic hydroxyl groups excluding tert-OH is 1. The van der Waals surface area contributed by atoms with E-state index >= 15 is 0 Å². The van der Waals surface area contributed by atoms with Crippen LogP contribution in [0, 0.1) is 6.92 Å². The molecule has 0 saturated carbocycles. The molecule has 16 heavy (non-hydrogen) atoms. The lowest BCUT2D eigenvalue weighted by atomic mass is 10.1. The van der Waals surface area contributed by atoms with Gasteiger partial charge < -0.3 is 15.7 Å². The maximum Gasteiger partial charge on any atom is 0.0606 e. The molecule has 1 rings (SSSR count). The van der Waals surface area contributed by atoms with Crippen molar-refractivity contribution in [3.8, 4) is 0 Å². The maximum absolute atomic E-state index is 9.05. The summed E-state index contributed by atoms with van der Waals surface area (Å²) in [4.78, 5) is 2.22. The van der Waals surface area contributed by atoms with Gasteiger partial charge in [0.05, 0.1) is 6.61 Å². The van der Waals surface area contributed by atoms with E-state index in [9.17, 15) is 0 Å². The summed E-state index contributed by atoms with van der Waals surface area (Å²) in [5.41, 5.74) is 9.19. The molecule has 3 N–H and O–H groups in total. The SMILES string of the molecule is CCCN(CCO)c1ccc(CN)cc1C. The molecule has 0 spiro atoms. The number of rotatable bonds is 6. The van der Waals surface area contributed by atoms with Crippen molar-refractivity contribution in [3.05, 3.63) is 29.3 Å². The Bertz CT molecular complexity index is 320. The van der Waals surface area contributed by atoms with Crippen molar-refractivity contribution in [2.24, 2.45) is 5.73 Å². The van der Waals surface area contributed by atoms with E-state index in [2.05, 4.69) is 36.9 Å². The van der Waals surface area contributed by atoms with E-state index in [0.717, 1.165) is 18.5 Å². The first-order valence-corrected chi connectivity index (χ1v) is 5.88. The van der Waals surface area contributed by atoms with Crippen LogP contribution in [0.5, 0.6) is 0 Å².